The van der Waals surface area contributed by atoms with Gasteiger partial charge in [-0.05, 0) is 19.1 Å². The van der Waals surface area contributed by atoms with Crippen LogP contribution in [0.15, 0.2) is 24.4 Å². The molecule has 2 aromatic rings. The highest BCUT2D eigenvalue weighted by Gasteiger charge is 2.55. The van der Waals surface area contributed by atoms with Crippen molar-refractivity contribution in [1.29, 1.82) is 0 Å². The molecule has 0 atom stereocenters. The highest BCUT2D eigenvalue weighted by atomic mass is 16.5. The fraction of sp³-hybridized carbons (Fsp3) is 0.286. The molecule has 1 saturated carbocycles. The number of fused-ring (bicyclic) bond motifs is 1. The lowest BCUT2D eigenvalue weighted by molar-refractivity contribution is -0.125. The van der Waals surface area contributed by atoms with Gasteiger partial charge in [-0.3, -0.25) is 4.79 Å². The van der Waals surface area contributed by atoms with Crippen molar-refractivity contribution in [2.75, 3.05) is 5.32 Å². The number of imidazole rings is 1. The minimum Gasteiger partial charge on any atom is -0.475 e. The number of rotatable bonds is 1. The third kappa shape index (κ3) is 1.54. The first-order chi connectivity index (χ1) is 9.16. The molecular formula is C14H13N3O2. The van der Waals surface area contributed by atoms with Crippen LogP contribution in [0.3, 0.4) is 0 Å². The van der Waals surface area contributed by atoms with Gasteiger partial charge >= 0.3 is 0 Å². The van der Waals surface area contributed by atoms with Crippen LogP contribution in [0, 0.1) is 6.92 Å². The molecule has 0 bridgehead atoms. The number of nitrogens with zero attached hydrogens (tertiary/aromatic N) is 1. The van der Waals surface area contributed by atoms with Gasteiger partial charge in [-0.15, -0.1) is 0 Å². The number of carbonyl (C=O) groups is 1. The van der Waals surface area contributed by atoms with E-state index in [0.717, 1.165) is 41.4 Å². The van der Waals surface area contributed by atoms with E-state index < -0.39 is 5.60 Å². The fourth-order valence-electron chi connectivity index (χ4n) is 2.38. The third-order valence-corrected chi connectivity index (χ3v) is 3.67. The van der Waals surface area contributed by atoms with Crippen molar-refractivity contribution in [3.8, 4) is 17.0 Å². The van der Waals surface area contributed by atoms with Gasteiger partial charge in [-0.2, -0.15) is 0 Å². The molecule has 0 saturated heterocycles. The molecule has 2 aliphatic rings. The van der Waals surface area contributed by atoms with Crippen LogP contribution >= 0.6 is 0 Å². The summed E-state index contributed by atoms with van der Waals surface area (Å²) < 4.78 is 5.87. The summed E-state index contributed by atoms with van der Waals surface area (Å²) in [5.74, 6) is 1.59. The van der Waals surface area contributed by atoms with Gasteiger partial charge in [0.2, 0.25) is 0 Å². The van der Waals surface area contributed by atoms with Crippen molar-refractivity contribution in [3.63, 3.8) is 0 Å². The number of aromatic amines is 1. The number of H-pyrrole nitrogens is 1. The monoisotopic (exact) mass is 255 g/mol. The Balaban J connectivity index is 1.76. The van der Waals surface area contributed by atoms with Gasteiger partial charge in [0, 0.05) is 18.4 Å². The van der Waals surface area contributed by atoms with Crippen LogP contribution < -0.4 is 10.1 Å². The Morgan fingerprint density at radius 1 is 1.37 bits per heavy atom. The van der Waals surface area contributed by atoms with Gasteiger partial charge in [0.25, 0.3) is 5.91 Å². The zero-order valence-electron chi connectivity index (χ0n) is 10.5. The van der Waals surface area contributed by atoms with Gasteiger partial charge in [0.15, 0.2) is 5.60 Å². The number of hydrogen-bond acceptors (Lipinski definition) is 3. The first-order valence-corrected chi connectivity index (χ1v) is 6.33. The first kappa shape index (κ1) is 10.6. The van der Waals surface area contributed by atoms with Gasteiger partial charge in [-0.25, -0.2) is 4.98 Å². The number of hydrogen-bond donors (Lipinski definition) is 2. The van der Waals surface area contributed by atoms with E-state index in [-0.39, 0.29) is 5.91 Å². The summed E-state index contributed by atoms with van der Waals surface area (Å²) in [5.41, 5.74) is 2.09. The molecule has 1 aliphatic carbocycles. The molecule has 1 aromatic heterocycles. The van der Waals surface area contributed by atoms with E-state index in [1.165, 1.54) is 0 Å². The second-order valence-corrected chi connectivity index (χ2v) is 5.14. The maximum Gasteiger partial charge on any atom is 0.268 e. The molecule has 2 heterocycles. The number of anilines is 1. The van der Waals surface area contributed by atoms with E-state index in [2.05, 4.69) is 15.3 Å². The van der Waals surface area contributed by atoms with E-state index in [4.69, 9.17) is 4.74 Å². The van der Waals surface area contributed by atoms with Crippen LogP contribution in [0.4, 0.5) is 5.69 Å². The lowest BCUT2D eigenvalue weighted by Crippen LogP contribution is -2.38. The lowest BCUT2D eigenvalue weighted by atomic mass is 10.1. The number of carbonyl (C=O) groups excluding carboxylic acids is 1. The molecule has 1 amide bonds. The van der Waals surface area contributed by atoms with Gasteiger partial charge in [0.1, 0.15) is 11.6 Å². The minimum absolute atomic E-state index is 0.0230. The van der Waals surface area contributed by atoms with E-state index in [9.17, 15) is 4.79 Å². The summed E-state index contributed by atoms with van der Waals surface area (Å²) in [5, 5.41) is 2.91. The largest absolute Gasteiger partial charge is 0.475 e. The van der Waals surface area contributed by atoms with Crippen molar-refractivity contribution in [2.45, 2.75) is 25.4 Å². The Kier molecular flexibility index (Phi) is 1.88. The highest BCUT2D eigenvalue weighted by molar-refractivity contribution is 6.03. The Hall–Kier alpha value is -2.30. The Bertz CT molecular complexity index is 686. The standard InChI is InChI=1S/C14H13N3O2/c1-8-15-7-11(16-8)9-2-3-10-12(6-9)19-14(4-5-14)13(18)17-10/h2-3,6-7H,4-5H2,1H3,(H,15,16)(H,17,18). The van der Waals surface area contributed by atoms with Crippen molar-refractivity contribution in [1.82, 2.24) is 9.97 Å². The summed E-state index contributed by atoms with van der Waals surface area (Å²) in [6.07, 6.45) is 3.39. The minimum atomic E-state index is -0.602. The van der Waals surface area contributed by atoms with Crippen LogP contribution in [0.5, 0.6) is 5.75 Å². The summed E-state index contributed by atoms with van der Waals surface area (Å²) >= 11 is 0. The fourth-order valence-corrected chi connectivity index (χ4v) is 2.38. The van der Waals surface area contributed by atoms with Crippen molar-refractivity contribution >= 4 is 11.6 Å². The molecule has 19 heavy (non-hydrogen) atoms. The molecular weight excluding hydrogens is 242 g/mol. The molecule has 4 rings (SSSR count). The number of aryl methyl sites for hydroxylation is 1. The Labute approximate surface area is 110 Å². The number of nitrogens with one attached hydrogen (secondary N) is 2. The van der Waals surface area contributed by atoms with Gasteiger partial charge in [0.05, 0.1) is 17.6 Å². The topological polar surface area (TPSA) is 67.0 Å². The highest BCUT2D eigenvalue weighted by Crippen LogP contribution is 2.47. The van der Waals surface area contributed by atoms with Gasteiger partial charge in [-0.1, -0.05) is 6.07 Å². The Morgan fingerprint density at radius 3 is 2.89 bits per heavy atom. The average Bonchev–Trinajstić information content (AvgIpc) is 3.03. The summed E-state index contributed by atoms with van der Waals surface area (Å²) in [7, 11) is 0. The number of aromatic nitrogens is 2. The molecule has 1 aromatic carbocycles. The third-order valence-electron chi connectivity index (χ3n) is 3.67. The van der Waals surface area contributed by atoms with Crippen molar-refractivity contribution in [2.24, 2.45) is 0 Å². The Morgan fingerprint density at radius 2 is 2.21 bits per heavy atom. The second kappa shape index (κ2) is 3.38. The van der Waals surface area contributed by atoms with Crippen molar-refractivity contribution < 1.29 is 9.53 Å². The molecule has 1 spiro atoms. The number of amides is 1. The second-order valence-electron chi connectivity index (χ2n) is 5.14. The molecule has 0 unspecified atom stereocenters. The molecule has 96 valence electrons. The maximum atomic E-state index is 11.8. The molecule has 2 N–H and O–H groups in total. The normalized spacial score (nSPS) is 18.7. The van der Waals surface area contributed by atoms with E-state index in [1.54, 1.807) is 6.20 Å². The molecule has 1 fully saturated rings. The SMILES string of the molecule is Cc1ncc(-c2ccc3c(c2)OC2(CC2)C(=O)N3)[nH]1. The smallest absolute Gasteiger partial charge is 0.268 e. The van der Waals surface area contributed by atoms with Crippen LogP contribution in [0.2, 0.25) is 0 Å². The predicted molar refractivity (Wildman–Crippen MR) is 70.0 cm³/mol. The summed E-state index contributed by atoms with van der Waals surface area (Å²) in [4.78, 5) is 19.2. The number of benzene rings is 1. The summed E-state index contributed by atoms with van der Waals surface area (Å²) in [6, 6.07) is 5.76. The van der Waals surface area contributed by atoms with E-state index >= 15 is 0 Å². The van der Waals surface area contributed by atoms with Crippen LogP contribution in [0.25, 0.3) is 11.3 Å². The van der Waals surface area contributed by atoms with Crippen molar-refractivity contribution in [3.05, 3.63) is 30.2 Å². The molecule has 0 radical (unpaired) electrons. The van der Waals surface area contributed by atoms with E-state index in [1.807, 2.05) is 25.1 Å². The zero-order chi connectivity index (χ0) is 13.0. The zero-order valence-corrected chi connectivity index (χ0v) is 10.5. The maximum absolute atomic E-state index is 11.8. The first-order valence-electron chi connectivity index (χ1n) is 6.33. The van der Waals surface area contributed by atoms with Crippen LogP contribution in [0.1, 0.15) is 18.7 Å². The quantitative estimate of drug-likeness (QED) is 0.821. The van der Waals surface area contributed by atoms with Gasteiger partial charge < -0.3 is 15.0 Å². The van der Waals surface area contributed by atoms with E-state index in [0.29, 0.717) is 0 Å². The molecule has 5 heteroatoms. The molecule has 5 nitrogen and oxygen atoms in total. The molecule has 1 aliphatic heterocycles. The lowest BCUT2D eigenvalue weighted by Gasteiger charge is -2.26. The van der Waals surface area contributed by atoms with Crippen LogP contribution in [-0.4, -0.2) is 21.5 Å². The number of ether oxygens (including phenoxy) is 1. The predicted octanol–water partition coefficient (Wildman–Crippen LogP) is 2.25. The summed E-state index contributed by atoms with van der Waals surface area (Å²) in [6.45, 7) is 1.91. The average molecular weight is 255 g/mol. The van der Waals surface area contributed by atoms with Crippen LogP contribution in [-0.2, 0) is 4.79 Å².